The van der Waals surface area contributed by atoms with Gasteiger partial charge in [0.15, 0.2) is 0 Å². The maximum atomic E-state index is 5.68. The molecule has 1 heterocycles. The summed E-state index contributed by atoms with van der Waals surface area (Å²) in [6.07, 6.45) is 4.31. The fraction of sp³-hybridized carbons (Fsp3) is 1.00. The fourth-order valence-electron chi connectivity index (χ4n) is 2.06. The number of hydrogen-bond donors (Lipinski definition) is 0. The molecule has 0 amide bonds. The smallest absolute Gasteiger partial charge is 0.0612 e. The molecule has 1 fully saturated rings. The van der Waals surface area contributed by atoms with Gasteiger partial charge in [0.1, 0.15) is 0 Å². The Hall–Kier alpha value is 0.790. The highest BCUT2D eigenvalue weighted by Crippen LogP contribution is 2.40. The fourth-order valence-corrected chi connectivity index (χ4v) is 3.71. The Labute approximate surface area is 100 Å². The highest BCUT2D eigenvalue weighted by Gasteiger charge is 2.39. The minimum absolute atomic E-state index is 0.425. The van der Waals surface area contributed by atoms with Crippen molar-refractivity contribution in [1.29, 1.82) is 0 Å². The largest absolute Gasteiger partial charge is 0.378 e. The number of thioether (sulfide) groups is 1. The van der Waals surface area contributed by atoms with Crippen molar-refractivity contribution in [3.8, 4) is 0 Å². The van der Waals surface area contributed by atoms with Gasteiger partial charge in [0.05, 0.1) is 6.10 Å². The summed E-state index contributed by atoms with van der Waals surface area (Å²) in [7, 11) is 0. The third kappa shape index (κ3) is 3.14. The molecule has 14 heavy (non-hydrogen) atoms. The third-order valence-electron chi connectivity index (χ3n) is 3.26. The van der Waals surface area contributed by atoms with Crippen LogP contribution in [0.25, 0.3) is 0 Å². The molecule has 84 valence electrons. The first-order chi connectivity index (χ1) is 6.75. The molecular weight excluding hydrogens is 260 g/mol. The summed E-state index contributed by atoms with van der Waals surface area (Å²) in [5.41, 5.74) is 0.425. The minimum atomic E-state index is 0.425. The Morgan fingerprint density at radius 2 is 2.36 bits per heavy atom. The zero-order valence-corrected chi connectivity index (χ0v) is 11.6. The average Bonchev–Trinajstić information content (AvgIpc) is 2.56. The van der Waals surface area contributed by atoms with Crippen LogP contribution in [-0.4, -0.2) is 29.5 Å². The van der Waals surface area contributed by atoms with E-state index < -0.39 is 0 Å². The molecule has 0 aromatic carbocycles. The highest BCUT2D eigenvalue weighted by atomic mass is 79.9. The third-order valence-corrected chi connectivity index (χ3v) is 5.37. The molecular formula is C11H21BrOS. The van der Waals surface area contributed by atoms with Crippen molar-refractivity contribution in [3.63, 3.8) is 0 Å². The number of alkyl halides is 1. The van der Waals surface area contributed by atoms with E-state index in [-0.39, 0.29) is 0 Å². The van der Waals surface area contributed by atoms with Gasteiger partial charge in [-0.3, -0.25) is 0 Å². The lowest BCUT2D eigenvalue weighted by Gasteiger charge is -2.30. The second-order valence-corrected chi connectivity index (χ2v) is 6.01. The standard InChI is InChI=1S/C11H21BrOS/c1-3-14-8-4-5-11(9-12)6-7-13-10(11)2/h10H,3-9H2,1-2H3. The molecule has 0 N–H and O–H groups in total. The molecule has 2 unspecified atom stereocenters. The van der Waals surface area contributed by atoms with Crippen LogP contribution >= 0.6 is 27.7 Å². The first-order valence-corrected chi connectivity index (χ1v) is 7.78. The molecule has 0 spiro atoms. The van der Waals surface area contributed by atoms with Gasteiger partial charge in [-0.05, 0) is 37.7 Å². The van der Waals surface area contributed by atoms with Crippen LogP contribution in [0.3, 0.4) is 0 Å². The van der Waals surface area contributed by atoms with Gasteiger partial charge in [-0.25, -0.2) is 0 Å². The Morgan fingerprint density at radius 1 is 1.57 bits per heavy atom. The van der Waals surface area contributed by atoms with Crippen LogP contribution < -0.4 is 0 Å². The predicted molar refractivity (Wildman–Crippen MR) is 68.5 cm³/mol. The lowest BCUT2D eigenvalue weighted by Crippen LogP contribution is -2.30. The van der Waals surface area contributed by atoms with E-state index in [0.29, 0.717) is 11.5 Å². The molecule has 1 aliphatic rings. The molecule has 3 heteroatoms. The zero-order valence-electron chi connectivity index (χ0n) is 9.22. The lowest BCUT2D eigenvalue weighted by molar-refractivity contribution is 0.0705. The molecule has 0 aliphatic carbocycles. The van der Waals surface area contributed by atoms with E-state index in [1.54, 1.807) is 0 Å². The highest BCUT2D eigenvalue weighted by molar-refractivity contribution is 9.09. The van der Waals surface area contributed by atoms with Crippen molar-refractivity contribution in [1.82, 2.24) is 0 Å². The van der Waals surface area contributed by atoms with E-state index in [1.165, 1.54) is 30.8 Å². The summed E-state index contributed by atoms with van der Waals surface area (Å²) in [5, 5.41) is 1.10. The molecule has 1 aliphatic heterocycles. The molecule has 1 rings (SSSR count). The minimum Gasteiger partial charge on any atom is -0.378 e. The summed E-state index contributed by atoms with van der Waals surface area (Å²) in [5.74, 6) is 2.55. The average molecular weight is 281 g/mol. The Morgan fingerprint density at radius 3 is 2.86 bits per heavy atom. The van der Waals surface area contributed by atoms with E-state index in [9.17, 15) is 0 Å². The van der Waals surface area contributed by atoms with Gasteiger partial charge in [0.2, 0.25) is 0 Å². The van der Waals surface area contributed by atoms with Gasteiger partial charge in [0.25, 0.3) is 0 Å². The number of hydrogen-bond acceptors (Lipinski definition) is 2. The van der Waals surface area contributed by atoms with Gasteiger partial charge in [-0.1, -0.05) is 22.9 Å². The summed E-state index contributed by atoms with van der Waals surface area (Å²) in [4.78, 5) is 0. The predicted octanol–water partition coefficient (Wildman–Crippen LogP) is 3.71. The summed E-state index contributed by atoms with van der Waals surface area (Å²) in [6.45, 7) is 5.40. The number of halogens is 1. The van der Waals surface area contributed by atoms with Gasteiger partial charge in [0, 0.05) is 17.4 Å². The molecule has 0 aromatic heterocycles. The van der Waals surface area contributed by atoms with E-state index in [4.69, 9.17) is 4.74 Å². The van der Waals surface area contributed by atoms with Crippen LogP contribution in [0.4, 0.5) is 0 Å². The first kappa shape index (κ1) is 12.9. The van der Waals surface area contributed by atoms with Crippen molar-refractivity contribution >= 4 is 27.7 Å². The first-order valence-electron chi connectivity index (χ1n) is 5.50. The monoisotopic (exact) mass is 280 g/mol. The number of ether oxygens (including phenoxy) is 1. The van der Waals surface area contributed by atoms with Crippen LogP contribution in [0, 0.1) is 5.41 Å². The molecule has 0 bridgehead atoms. The number of rotatable bonds is 6. The van der Waals surface area contributed by atoms with Crippen molar-refractivity contribution in [2.75, 3.05) is 23.4 Å². The SMILES string of the molecule is CCSCCCC1(CBr)CCOC1C. The second-order valence-electron chi connectivity index (χ2n) is 4.06. The van der Waals surface area contributed by atoms with Crippen LogP contribution in [-0.2, 0) is 4.74 Å². The van der Waals surface area contributed by atoms with Crippen LogP contribution in [0.15, 0.2) is 0 Å². The lowest BCUT2D eigenvalue weighted by atomic mass is 9.80. The molecule has 0 aromatic rings. The summed E-state index contributed by atoms with van der Waals surface area (Å²) in [6, 6.07) is 0. The Kier molecular flexibility index (Phi) is 5.87. The summed E-state index contributed by atoms with van der Waals surface area (Å²) >= 11 is 5.70. The van der Waals surface area contributed by atoms with E-state index >= 15 is 0 Å². The molecule has 1 saturated heterocycles. The Bertz CT molecular complexity index is 165. The van der Waals surface area contributed by atoms with E-state index in [2.05, 4.69) is 29.8 Å². The Balaban J connectivity index is 2.30. The molecule has 0 saturated carbocycles. The van der Waals surface area contributed by atoms with Crippen molar-refractivity contribution in [2.24, 2.45) is 5.41 Å². The summed E-state index contributed by atoms with van der Waals surface area (Å²) < 4.78 is 5.68. The topological polar surface area (TPSA) is 9.23 Å². The van der Waals surface area contributed by atoms with Crippen LogP contribution in [0.2, 0.25) is 0 Å². The maximum absolute atomic E-state index is 5.68. The molecule has 2 atom stereocenters. The van der Waals surface area contributed by atoms with Gasteiger partial charge >= 0.3 is 0 Å². The van der Waals surface area contributed by atoms with Gasteiger partial charge < -0.3 is 4.74 Å². The van der Waals surface area contributed by atoms with Crippen molar-refractivity contribution in [3.05, 3.63) is 0 Å². The van der Waals surface area contributed by atoms with Gasteiger partial charge in [-0.2, -0.15) is 11.8 Å². The van der Waals surface area contributed by atoms with Crippen LogP contribution in [0.5, 0.6) is 0 Å². The quantitative estimate of drug-likeness (QED) is 0.542. The molecule has 1 nitrogen and oxygen atoms in total. The van der Waals surface area contributed by atoms with Crippen molar-refractivity contribution < 1.29 is 4.74 Å². The van der Waals surface area contributed by atoms with Crippen LogP contribution in [0.1, 0.15) is 33.1 Å². The van der Waals surface area contributed by atoms with Crippen molar-refractivity contribution in [2.45, 2.75) is 39.2 Å². The van der Waals surface area contributed by atoms with Gasteiger partial charge in [-0.15, -0.1) is 0 Å². The van der Waals surface area contributed by atoms with E-state index in [0.717, 1.165) is 11.9 Å². The molecule has 0 radical (unpaired) electrons. The second kappa shape index (κ2) is 6.39. The zero-order chi connectivity index (χ0) is 10.4. The normalized spacial score (nSPS) is 32.4. The maximum Gasteiger partial charge on any atom is 0.0612 e. The van der Waals surface area contributed by atoms with E-state index in [1.807, 2.05) is 11.8 Å².